The Bertz CT molecular complexity index is 1250. The molecule has 0 aromatic rings. The van der Waals surface area contributed by atoms with Crippen molar-refractivity contribution in [3.63, 3.8) is 0 Å². The molecule has 0 aliphatic heterocycles. The molecule has 5 aliphatic rings. The molecule has 6 heteroatoms. The summed E-state index contributed by atoms with van der Waals surface area (Å²) in [5.74, 6) is 1.85. The molecule has 0 unspecified atom stereocenters. The third-order valence-corrected chi connectivity index (χ3v) is 15.8. The van der Waals surface area contributed by atoms with Crippen LogP contribution in [0.25, 0.3) is 0 Å². The van der Waals surface area contributed by atoms with Gasteiger partial charge in [-0.3, -0.25) is 14.4 Å². The SMILES string of the molecule is C=C(C)[C@@H]1CC[C@]2(CC(=O)NCCC)CC[C@]3(C)[C@H](CC[C@@H]4[C@@]5(C)CC[C@H](OC(=O)CC(C)(C)CC(=O)O)C(C)(C)[C@@H]5CC[C@]43C)[C@@H]12. The Morgan fingerprint density at radius 2 is 1.57 bits per heavy atom. The average molecular weight is 654 g/mol. The second-order valence-corrected chi connectivity index (χ2v) is 19.3. The average Bonchev–Trinajstić information content (AvgIpc) is 3.32. The third-order valence-electron chi connectivity index (χ3n) is 15.8. The van der Waals surface area contributed by atoms with E-state index < -0.39 is 11.4 Å². The van der Waals surface area contributed by atoms with Crippen LogP contribution in [-0.4, -0.2) is 35.6 Å². The molecule has 2 N–H and O–H groups in total. The van der Waals surface area contributed by atoms with E-state index in [1.165, 1.54) is 37.7 Å². The second-order valence-electron chi connectivity index (χ2n) is 19.3. The molecule has 5 fully saturated rings. The predicted molar refractivity (Wildman–Crippen MR) is 187 cm³/mol. The van der Waals surface area contributed by atoms with Crippen LogP contribution in [0.3, 0.4) is 0 Å². The molecule has 0 spiro atoms. The smallest absolute Gasteiger partial charge is 0.306 e. The Hall–Kier alpha value is -1.85. The number of fused-ring (bicyclic) bond motifs is 7. The van der Waals surface area contributed by atoms with Crippen LogP contribution >= 0.6 is 0 Å². The van der Waals surface area contributed by atoms with Gasteiger partial charge < -0.3 is 15.2 Å². The largest absolute Gasteiger partial charge is 0.481 e. The van der Waals surface area contributed by atoms with Crippen LogP contribution in [0, 0.1) is 62.1 Å². The van der Waals surface area contributed by atoms with Gasteiger partial charge in [0.15, 0.2) is 0 Å². The van der Waals surface area contributed by atoms with Crippen molar-refractivity contribution in [3.05, 3.63) is 12.2 Å². The number of allylic oxidation sites excluding steroid dienone is 1. The highest BCUT2D eigenvalue weighted by atomic mass is 16.5. The molecular weight excluding hydrogens is 586 g/mol. The van der Waals surface area contributed by atoms with E-state index in [0.717, 1.165) is 45.1 Å². The van der Waals surface area contributed by atoms with Crippen LogP contribution in [0.4, 0.5) is 0 Å². The summed E-state index contributed by atoms with van der Waals surface area (Å²) in [6.07, 6.45) is 13.1. The summed E-state index contributed by atoms with van der Waals surface area (Å²) in [6, 6.07) is 0. The van der Waals surface area contributed by atoms with Gasteiger partial charge in [-0.1, -0.05) is 67.5 Å². The van der Waals surface area contributed by atoms with Crippen LogP contribution in [0.15, 0.2) is 12.2 Å². The van der Waals surface area contributed by atoms with Gasteiger partial charge in [0, 0.05) is 18.4 Å². The fraction of sp³-hybridized carbons (Fsp3) is 0.878. The number of rotatable bonds is 10. The summed E-state index contributed by atoms with van der Waals surface area (Å²) in [5, 5.41) is 12.5. The normalized spacial score (nSPS) is 42.2. The topological polar surface area (TPSA) is 92.7 Å². The molecular formula is C41H67NO5. The van der Waals surface area contributed by atoms with E-state index in [9.17, 15) is 19.5 Å². The highest BCUT2D eigenvalue weighted by Crippen LogP contribution is 2.78. The predicted octanol–water partition coefficient (Wildman–Crippen LogP) is 9.36. The van der Waals surface area contributed by atoms with Crippen LogP contribution in [0.5, 0.6) is 0 Å². The number of amides is 1. The number of carbonyl (C=O) groups excluding carboxylic acids is 2. The molecule has 1 amide bonds. The lowest BCUT2D eigenvalue weighted by molar-refractivity contribution is -0.250. The van der Waals surface area contributed by atoms with Crippen LogP contribution in [-0.2, 0) is 19.1 Å². The molecule has 5 saturated carbocycles. The minimum Gasteiger partial charge on any atom is -0.481 e. The quantitative estimate of drug-likeness (QED) is 0.181. The number of ether oxygens (including phenoxy) is 1. The zero-order chi connectivity index (χ0) is 34.8. The molecule has 0 bridgehead atoms. The molecule has 6 nitrogen and oxygen atoms in total. The molecule has 5 rings (SSSR count). The highest BCUT2D eigenvalue weighted by Gasteiger charge is 2.71. The summed E-state index contributed by atoms with van der Waals surface area (Å²) in [4.78, 5) is 37.8. The molecule has 0 heterocycles. The Balaban J connectivity index is 1.39. The van der Waals surface area contributed by atoms with Gasteiger partial charge in [0.1, 0.15) is 6.10 Å². The van der Waals surface area contributed by atoms with Gasteiger partial charge in [0.25, 0.3) is 0 Å². The Morgan fingerprint density at radius 3 is 2.21 bits per heavy atom. The first kappa shape index (κ1) is 36.4. The van der Waals surface area contributed by atoms with E-state index in [-0.39, 0.29) is 57.9 Å². The maximum Gasteiger partial charge on any atom is 0.306 e. The number of aliphatic carboxylic acids is 1. The fourth-order valence-corrected chi connectivity index (χ4v) is 13.5. The highest BCUT2D eigenvalue weighted by molar-refractivity contribution is 5.77. The van der Waals surface area contributed by atoms with Crippen molar-refractivity contribution in [2.75, 3.05) is 6.54 Å². The van der Waals surface area contributed by atoms with Gasteiger partial charge in [-0.15, -0.1) is 0 Å². The van der Waals surface area contributed by atoms with Crippen molar-refractivity contribution in [1.29, 1.82) is 0 Å². The van der Waals surface area contributed by atoms with E-state index in [4.69, 9.17) is 4.74 Å². The lowest BCUT2D eigenvalue weighted by Gasteiger charge is -2.73. The van der Waals surface area contributed by atoms with E-state index in [1.54, 1.807) is 0 Å². The maximum atomic E-state index is 13.3. The van der Waals surface area contributed by atoms with Crippen molar-refractivity contribution in [3.8, 4) is 0 Å². The summed E-state index contributed by atoms with van der Waals surface area (Å²) < 4.78 is 6.26. The van der Waals surface area contributed by atoms with E-state index >= 15 is 0 Å². The first-order chi connectivity index (χ1) is 21.8. The molecule has 0 radical (unpaired) electrons. The summed E-state index contributed by atoms with van der Waals surface area (Å²) >= 11 is 0. The van der Waals surface area contributed by atoms with Gasteiger partial charge in [0.05, 0.1) is 12.8 Å². The Labute approximate surface area is 286 Å². The molecule has 0 saturated heterocycles. The molecule has 47 heavy (non-hydrogen) atoms. The molecule has 10 atom stereocenters. The van der Waals surface area contributed by atoms with E-state index in [0.29, 0.717) is 36.0 Å². The minimum atomic E-state index is -0.880. The number of carbonyl (C=O) groups is 3. The lowest BCUT2D eigenvalue weighted by Crippen LogP contribution is -2.67. The van der Waals surface area contributed by atoms with Crippen molar-refractivity contribution in [2.45, 2.75) is 158 Å². The number of esters is 1. The molecule has 0 aromatic carbocycles. The second kappa shape index (κ2) is 12.5. The van der Waals surface area contributed by atoms with Crippen LogP contribution in [0.2, 0.25) is 0 Å². The van der Waals surface area contributed by atoms with Gasteiger partial charge >= 0.3 is 11.9 Å². The number of carboxylic acid groups (broad SMARTS) is 1. The van der Waals surface area contributed by atoms with Crippen molar-refractivity contribution < 1.29 is 24.2 Å². The fourth-order valence-electron chi connectivity index (χ4n) is 13.5. The molecule has 0 aromatic heterocycles. The standard InChI is InChI=1S/C41H67NO5/c1-11-22-42-32(43)23-41-19-14-27(26(2)3)35(41)28-12-13-30-38(8)17-16-31(47-34(46)25-36(4,5)24-33(44)45)37(6,7)29(38)15-18-40(30,10)39(28,9)20-21-41/h27-31,35H,2,11-25H2,1,3-10H3,(H,42,43)(H,44,45)/t27-,28+,29-,30+,31-,35+,38-,39+,40+,41+/m0/s1. The van der Waals surface area contributed by atoms with Crippen LogP contribution in [0.1, 0.15) is 152 Å². The Kier molecular flexibility index (Phi) is 9.68. The number of carboxylic acids is 1. The third kappa shape index (κ3) is 6.02. The zero-order valence-electron chi connectivity index (χ0n) is 31.4. The van der Waals surface area contributed by atoms with Gasteiger partial charge in [-0.25, -0.2) is 0 Å². The van der Waals surface area contributed by atoms with Crippen LogP contribution < -0.4 is 5.32 Å². The van der Waals surface area contributed by atoms with Gasteiger partial charge in [-0.05, 0) is 134 Å². The zero-order valence-corrected chi connectivity index (χ0v) is 31.4. The van der Waals surface area contributed by atoms with Crippen molar-refractivity contribution >= 4 is 17.8 Å². The summed E-state index contributed by atoms with van der Waals surface area (Å²) in [7, 11) is 0. The number of hydrogen-bond acceptors (Lipinski definition) is 4. The lowest BCUT2D eigenvalue weighted by atomic mass is 9.32. The van der Waals surface area contributed by atoms with Crippen molar-refractivity contribution in [1.82, 2.24) is 5.32 Å². The van der Waals surface area contributed by atoms with E-state index in [1.807, 2.05) is 13.8 Å². The molecule has 5 aliphatic carbocycles. The Morgan fingerprint density at radius 1 is 0.872 bits per heavy atom. The summed E-state index contributed by atoms with van der Waals surface area (Å²) in [6.45, 7) is 25.9. The number of hydrogen-bond donors (Lipinski definition) is 2. The maximum absolute atomic E-state index is 13.3. The van der Waals surface area contributed by atoms with Crippen molar-refractivity contribution in [2.24, 2.45) is 62.1 Å². The first-order valence-corrected chi connectivity index (χ1v) is 19.1. The minimum absolute atomic E-state index is 0.0436. The number of nitrogens with one attached hydrogen (secondary N) is 1. The van der Waals surface area contributed by atoms with Gasteiger partial charge in [0.2, 0.25) is 5.91 Å². The van der Waals surface area contributed by atoms with E-state index in [2.05, 4.69) is 60.4 Å². The molecule has 266 valence electrons. The summed E-state index contributed by atoms with van der Waals surface area (Å²) in [5.41, 5.74) is 1.25. The first-order valence-electron chi connectivity index (χ1n) is 19.1. The van der Waals surface area contributed by atoms with Gasteiger partial charge in [-0.2, -0.15) is 0 Å². The monoisotopic (exact) mass is 654 g/mol.